The lowest BCUT2D eigenvalue weighted by Gasteiger charge is -2.03. The van der Waals surface area contributed by atoms with Crippen molar-refractivity contribution in [2.24, 2.45) is 0 Å². The molecule has 0 atom stereocenters. The van der Waals surface area contributed by atoms with E-state index < -0.39 is 18.4 Å². The Morgan fingerprint density at radius 2 is 2.29 bits per heavy atom. The fourth-order valence-corrected chi connectivity index (χ4v) is 1.10. The number of ether oxygens (including phenoxy) is 1. The molecule has 0 aromatic heterocycles. The molecule has 0 spiro atoms. The number of carbonyl (C=O) groups is 1. The van der Waals surface area contributed by atoms with Crippen molar-refractivity contribution in [2.45, 2.75) is 6.61 Å². The molecule has 0 fully saturated rings. The smallest absolute Gasteiger partial charge is 0.329 e. The first-order chi connectivity index (χ1) is 6.61. The Bertz CT molecular complexity index is 341. The number of hydrogen-bond acceptors (Lipinski definition) is 2. The topological polar surface area (TPSA) is 46.5 Å². The molecule has 0 radical (unpaired) electrons. The Balaban J connectivity index is 2.59. The summed E-state index contributed by atoms with van der Waals surface area (Å²) < 4.78 is 17.9. The van der Waals surface area contributed by atoms with Crippen LogP contribution in [0.4, 0.5) is 4.39 Å². The molecule has 0 aliphatic heterocycles. The van der Waals surface area contributed by atoms with Crippen LogP contribution in [0.1, 0.15) is 5.56 Å². The van der Waals surface area contributed by atoms with E-state index in [-0.39, 0.29) is 17.2 Å². The zero-order valence-corrected chi connectivity index (χ0v) is 7.92. The first-order valence-corrected chi connectivity index (χ1v) is 4.21. The van der Waals surface area contributed by atoms with Gasteiger partial charge in [-0.3, -0.25) is 0 Å². The van der Waals surface area contributed by atoms with Crippen LogP contribution in [0.5, 0.6) is 0 Å². The number of carboxylic acid groups (broad SMARTS) is 1. The average Bonchev–Trinajstić information content (AvgIpc) is 2.12. The van der Waals surface area contributed by atoms with Crippen molar-refractivity contribution in [3.8, 4) is 0 Å². The Kier molecular flexibility index (Phi) is 3.85. The third kappa shape index (κ3) is 2.97. The van der Waals surface area contributed by atoms with E-state index in [0.717, 1.165) is 0 Å². The molecular weight excluding hydrogens is 211 g/mol. The highest BCUT2D eigenvalue weighted by molar-refractivity contribution is 6.30. The number of rotatable bonds is 4. The Labute approximate surface area is 85.1 Å². The molecule has 0 amide bonds. The van der Waals surface area contributed by atoms with Gasteiger partial charge in [-0.05, 0) is 6.07 Å². The average molecular weight is 219 g/mol. The number of carboxylic acids is 1. The minimum atomic E-state index is -1.09. The van der Waals surface area contributed by atoms with Gasteiger partial charge in [0.25, 0.3) is 0 Å². The van der Waals surface area contributed by atoms with Gasteiger partial charge in [0.05, 0.1) is 11.6 Å². The van der Waals surface area contributed by atoms with Crippen molar-refractivity contribution in [1.29, 1.82) is 0 Å². The molecule has 76 valence electrons. The lowest BCUT2D eigenvalue weighted by Crippen LogP contribution is -2.07. The molecule has 1 aromatic carbocycles. The van der Waals surface area contributed by atoms with E-state index in [1.54, 1.807) is 6.07 Å². The standard InChI is InChI=1S/C9H8ClFO3/c10-7-3-1-2-6(9(7)11)4-14-5-8(12)13/h1-3H,4-5H2,(H,12,13). The van der Waals surface area contributed by atoms with Crippen molar-refractivity contribution in [2.75, 3.05) is 6.61 Å². The molecule has 3 nitrogen and oxygen atoms in total. The summed E-state index contributed by atoms with van der Waals surface area (Å²) in [6.45, 7) is -0.551. The number of benzene rings is 1. The summed E-state index contributed by atoms with van der Waals surface area (Å²) in [6, 6.07) is 4.48. The largest absolute Gasteiger partial charge is 0.480 e. The van der Waals surface area contributed by atoms with Crippen LogP contribution in [-0.4, -0.2) is 17.7 Å². The maximum absolute atomic E-state index is 13.2. The highest BCUT2D eigenvalue weighted by atomic mass is 35.5. The summed E-state index contributed by atoms with van der Waals surface area (Å²) in [5, 5.41) is 8.27. The quantitative estimate of drug-likeness (QED) is 0.842. The van der Waals surface area contributed by atoms with Crippen LogP contribution in [0.15, 0.2) is 18.2 Å². The van der Waals surface area contributed by atoms with Crippen molar-refractivity contribution < 1.29 is 19.0 Å². The summed E-state index contributed by atoms with van der Waals surface area (Å²) in [6.07, 6.45) is 0. The van der Waals surface area contributed by atoms with Gasteiger partial charge in [-0.25, -0.2) is 9.18 Å². The molecule has 0 bridgehead atoms. The van der Waals surface area contributed by atoms with Gasteiger partial charge >= 0.3 is 5.97 Å². The van der Waals surface area contributed by atoms with Gasteiger partial charge < -0.3 is 9.84 Å². The third-order valence-corrected chi connectivity index (χ3v) is 1.81. The van der Waals surface area contributed by atoms with E-state index in [9.17, 15) is 9.18 Å². The Morgan fingerprint density at radius 1 is 1.57 bits per heavy atom. The maximum Gasteiger partial charge on any atom is 0.329 e. The van der Waals surface area contributed by atoms with Gasteiger partial charge in [-0.2, -0.15) is 0 Å². The summed E-state index contributed by atoms with van der Waals surface area (Å²) in [5.74, 6) is -1.66. The molecule has 5 heteroatoms. The summed E-state index contributed by atoms with van der Waals surface area (Å²) in [4.78, 5) is 10.1. The summed E-state index contributed by atoms with van der Waals surface area (Å²) in [5.41, 5.74) is 0.249. The van der Waals surface area contributed by atoms with Crippen LogP contribution >= 0.6 is 11.6 Å². The SMILES string of the molecule is O=C(O)COCc1cccc(Cl)c1F. The third-order valence-electron chi connectivity index (χ3n) is 1.51. The lowest BCUT2D eigenvalue weighted by atomic mass is 10.2. The second kappa shape index (κ2) is 4.93. The minimum Gasteiger partial charge on any atom is -0.480 e. The van der Waals surface area contributed by atoms with E-state index >= 15 is 0 Å². The van der Waals surface area contributed by atoms with Crippen LogP contribution in [0.2, 0.25) is 5.02 Å². The van der Waals surface area contributed by atoms with Crippen molar-refractivity contribution in [3.05, 3.63) is 34.6 Å². The van der Waals surface area contributed by atoms with Gasteiger partial charge in [0.2, 0.25) is 0 Å². The van der Waals surface area contributed by atoms with Gasteiger partial charge in [-0.1, -0.05) is 23.7 Å². The summed E-state index contributed by atoms with van der Waals surface area (Å²) in [7, 11) is 0. The minimum absolute atomic E-state index is 0.00132. The molecule has 0 saturated heterocycles. The van der Waals surface area contributed by atoms with Crippen LogP contribution in [0, 0.1) is 5.82 Å². The molecule has 0 saturated carbocycles. The molecule has 0 unspecified atom stereocenters. The molecule has 0 heterocycles. The van der Waals surface area contributed by atoms with E-state index in [4.69, 9.17) is 21.4 Å². The maximum atomic E-state index is 13.2. The second-order valence-corrected chi connectivity index (χ2v) is 3.01. The van der Waals surface area contributed by atoms with Gasteiger partial charge in [0.15, 0.2) is 0 Å². The zero-order chi connectivity index (χ0) is 10.6. The van der Waals surface area contributed by atoms with Crippen molar-refractivity contribution in [1.82, 2.24) is 0 Å². The van der Waals surface area contributed by atoms with E-state index in [1.807, 2.05) is 0 Å². The first-order valence-electron chi connectivity index (χ1n) is 3.83. The number of halogens is 2. The molecule has 14 heavy (non-hydrogen) atoms. The second-order valence-electron chi connectivity index (χ2n) is 2.60. The fraction of sp³-hybridized carbons (Fsp3) is 0.222. The highest BCUT2D eigenvalue weighted by Crippen LogP contribution is 2.18. The predicted octanol–water partition coefficient (Wildman–Crippen LogP) is 2.08. The highest BCUT2D eigenvalue weighted by Gasteiger charge is 2.06. The Morgan fingerprint density at radius 3 is 2.93 bits per heavy atom. The van der Waals surface area contributed by atoms with E-state index in [2.05, 4.69) is 0 Å². The normalized spacial score (nSPS) is 10.1. The molecule has 1 N–H and O–H groups in total. The van der Waals surface area contributed by atoms with Crippen LogP contribution in [-0.2, 0) is 16.1 Å². The predicted molar refractivity (Wildman–Crippen MR) is 48.7 cm³/mol. The zero-order valence-electron chi connectivity index (χ0n) is 7.17. The summed E-state index contributed by atoms with van der Waals surface area (Å²) >= 11 is 5.51. The van der Waals surface area contributed by atoms with Crippen LogP contribution in [0.3, 0.4) is 0 Å². The van der Waals surface area contributed by atoms with Gasteiger partial charge in [0.1, 0.15) is 12.4 Å². The lowest BCUT2D eigenvalue weighted by molar-refractivity contribution is -0.142. The van der Waals surface area contributed by atoms with E-state index in [1.165, 1.54) is 12.1 Å². The number of hydrogen-bond donors (Lipinski definition) is 1. The molecule has 1 aromatic rings. The molecule has 1 rings (SSSR count). The molecule has 0 aliphatic carbocycles. The first kappa shape index (κ1) is 10.9. The van der Waals surface area contributed by atoms with Gasteiger partial charge in [0, 0.05) is 5.56 Å². The fourth-order valence-electron chi connectivity index (χ4n) is 0.908. The van der Waals surface area contributed by atoms with Crippen molar-refractivity contribution >= 4 is 17.6 Å². The Hall–Kier alpha value is -1.13. The van der Waals surface area contributed by atoms with Gasteiger partial charge in [-0.15, -0.1) is 0 Å². The van der Waals surface area contributed by atoms with E-state index in [0.29, 0.717) is 0 Å². The molecular formula is C9H8ClFO3. The van der Waals surface area contributed by atoms with Crippen LogP contribution in [0.25, 0.3) is 0 Å². The monoisotopic (exact) mass is 218 g/mol. The van der Waals surface area contributed by atoms with Crippen LogP contribution < -0.4 is 0 Å². The van der Waals surface area contributed by atoms with Crippen molar-refractivity contribution in [3.63, 3.8) is 0 Å². The number of aliphatic carboxylic acids is 1. The molecule has 0 aliphatic rings.